The molecule has 9 nitrogen and oxygen atoms in total. The van der Waals surface area contributed by atoms with Gasteiger partial charge in [0, 0.05) is 18.1 Å². The predicted molar refractivity (Wildman–Crippen MR) is 163 cm³/mol. The Bertz CT molecular complexity index is 1120. The van der Waals surface area contributed by atoms with Crippen LogP contribution in [0.3, 0.4) is 0 Å². The zero-order valence-electron chi connectivity index (χ0n) is 25.1. The summed E-state index contributed by atoms with van der Waals surface area (Å²) in [6.07, 6.45) is 15.2. The molecule has 9 heteroatoms. The number of hydrogen-bond acceptors (Lipinski definition) is 7. The monoisotopic (exact) mass is 582 g/mol. The van der Waals surface area contributed by atoms with Crippen LogP contribution in [0.2, 0.25) is 0 Å². The first-order valence-electron chi connectivity index (χ1n) is 15.3. The fraction of sp³-hybridized carbons (Fsp3) is 0.545. The number of amides is 1. The number of carbonyl (C=O) groups is 3. The molecule has 1 N–H and O–H groups in total. The summed E-state index contributed by atoms with van der Waals surface area (Å²) in [6.45, 7) is 3.64. The molecule has 2 aromatic rings. The van der Waals surface area contributed by atoms with Crippen molar-refractivity contribution in [2.75, 3.05) is 0 Å². The first kappa shape index (κ1) is 34.5. The van der Waals surface area contributed by atoms with Crippen LogP contribution in [-0.2, 0) is 16.1 Å². The second kappa shape index (κ2) is 20.2. The van der Waals surface area contributed by atoms with Crippen molar-refractivity contribution in [2.45, 2.75) is 116 Å². The molecule has 1 atom stereocenters. The van der Waals surface area contributed by atoms with Crippen LogP contribution >= 0.6 is 0 Å². The van der Waals surface area contributed by atoms with Gasteiger partial charge in [0.25, 0.3) is 0 Å². The van der Waals surface area contributed by atoms with E-state index < -0.39 is 28.7 Å². The maximum Gasteiger partial charge on any atom is 0.408 e. The zero-order valence-corrected chi connectivity index (χ0v) is 25.1. The molecular weight excluding hydrogens is 536 g/mol. The summed E-state index contributed by atoms with van der Waals surface area (Å²) in [4.78, 5) is 48.1. The maximum atomic E-state index is 12.7. The van der Waals surface area contributed by atoms with E-state index in [4.69, 9.17) is 9.47 Å². The number of nitro groups is 1. The smallest absolute Gasteiger partial charge is 0.408 e. The Morgan fingerprint density at radius 1 is 0.833 bits per heavy atom. The Balaban J connectivity index is 1.71. The van der Waals surface area contributed by atoms with E-state index in [1.807, 2.05) is 18.2 Å². The molecule has 42 heavy (non-hydrogen) atoms. The topological polar surface area (TPSA) is 125 Å². The average Bonchev–Trinajstić information content (AvgIpc) is 2.98. The number of alkyl carbamates (subject to hydrolysis) is 1. The molecule has 0 heterocycles. The van der Waals surface area contributed by atoms with Crippen molar-refractivity contribution in [3.8, 4) is 5.75 Å². The van der Waals surface area contributed by atoms with Crippen molar-refractivity contribution >= 4 is 23.5 Å². The van der Waals surface area contributed by atoms with Crippen LogP contribution in [0, 0.1) is 10.1 Å². The molecule has 0 fully saturated rings. The number of carbonyl (C=O) groups excluding carboxylic acids is 3. The van der Waals surface area contributed by atoms with Crippen LogP contribution in [0.4, 0.5) is 10.5 Å². The minimum atomic E-state index is -1.12. The van der Waals surface area contributed by atoms with Gasteiger partial charge in [-0.3, -0.25) is 14.9 Å². The molecule has 2 rings (SSSR count). The van der Waals surface area contributed by atoms with E-state index in [9.17, 15) is 24.5 Å². The summed E-state index contributed by atoms with van der Waals surface area (Å²) < 4.78 is 10.3. The number of rotatable bonds is 21. The second-order valence-corrected chi connectivity index (χ2v) is 10.7. The van der Waals surface area contributed by atoms with Crippen LogP contribution in [0.5, 0.6) is 5.75 Å². The molecule has 0 unspecified atom stereocenters. The third-order valence-electron chi connectivity index (χ3n) is 7.10. The molecule has 0 aliphatic heterocycles. The second-order valence-electron chi connectivity index (χ2n) is 10.7. The number of esters is 1. The van der Waals surface area contributed by atoms with Crippen LogP contribution in [-0.4, -0.2) is 28.8 Å². The SMILES string of the molecule is CCCCCCCCCCCCCCCC(=O)c1ccc(OC(=O)[C@H](C)NC(=O)OCc2ccccc2)c([N+](=O)[O-])c1. The summed E-state index contributed by atoms with van der Waals surface area (Å²) in [7, 11) is 0. The Hall–Kier alpha value is -3.75. The molecule has 0 spiro atoms. The summed E-state index contributed by atoms with van der Waals surface area (Å²) in [6, 6.07) is 11.7. The molecule has 0 saturated carbocycles. The maximum absolute atomic E-state index is 12.7. The van der Waals surface area contributed by atoms with Gasteiger partial charge in [0.2, 0.25) is 5.75 Å². The molecule has 0 aliphatic rings. The van der Waals surface area contributed by atoms with E-state index in [0.717, 1.165) is 37.3 Å². The Morgan fingerprint density at radius 3 is 1.98 bits per heavy atom. The largest absolute Gasteiger partial charge is 0.445 e. The molecule has 1 amide bonds. The van der Waals surface area contributed by atoms with Crippen molar-refractivity contribution in [3.05, 3.63) is 69.8 Å². The van der Waals surface area contributed by atoms with Crippen molar-refractivity contribution in [3.63, 3.8) is 0 Å². The lowest BCUT2D eigenvalue weighted by atomic mass is 10.0. The van der Waals surface area contributed by atoms with E-state index in [1.165, 1.54) is 76.8 Å². The number of benzene rings is 2. The summed E-state index contributed by atoms with van der Waals surface area (Å²) in [5.41, 5.74) is 0.497. The average molecular weight is 583 g/mol. The quantitative estimate of drug-likeness (QED) is 0.0391. The molecule has 0 aromatic heterocycles. The van der Waals surface area contributed by atoms with Gasteiger partial charge in [0.15, 0.2) is 5.78 Å². The summed E-state index contributed by atoms with van der Waals surface area (Å²) in [5, 5.41) is 14.0. The third kappa shape index (κ3) is 13.7. The highest BCUT2D eigenvalue weighted by Gasteiger charge is 2.24. The van der Waals surface area contributed by atoms with E-state index in [1.54, 1.807) is 12.1 Å². The number of ketones is 1. The van der Waals surface area contributed by atoms with Crippen LogP contribution in [0.15, 0.2) is 48.5 Å². The van der Waals surface area contributed by atoms with Gasteiger partial charge in [-0.2, -0.15) is 0 Å². The highest BCUT2D eigenvalue weighted by Crippen LogP contribution is 2.29. The Kier molecular flexibility index (Phi) is 16.6. The number of nitrogens with one attached hydrogen (secondary N) is 1. The zero-order chi connectivity index (χ0) is 30.6. The first-order chi connectivity index (χ1) is 20.3. The minimum absolute atomic E-state index is 0.0225. The fourth-order valence-corrected chi connectivity index (χ4v) is 4.56. The lowest BCUT2D eigenvalue weighted by molar-refractivity contribution is -0.385. The minimum Gasteiger partial charge on any atom is -0.445 e. The van der Waals surface area contributed by atoms with Gasteiger partial charge in [0.05, 0.1) is 4.92 Å². The molecule has 0 radical (unpaired) electrons. The van der Waals surface area contributed by atoms with Crippen LogP contribution in [0.25, 0.3) is 0 Å². The predicted octanol–water partition coefficient (Wildman–Crippen LogP) is 8.48. The highest BCUT2D eigenvalue weighted by molar-refractivity contribution is 5.97. The fourth-order valence-electron chi connectivity index (χ4n) is 4.56. The van der Waals surface area contributed by atoms with Crippen LogP contribution in [0.1, 0.15) is 120 Å². The van der Waals surface area contributed by atoms with Gasteiger partial charge in [-0.05, 0) is 31.0 Å². The Morgan fingerprint density at radius 2 is 1.40 bits per heavy atom. The number of Topliss-reactive ketones (excluding diaryl/α,β-unsaturated/α-hetero) is 1. The molecule has 230 valence electrons. The standard InChI is InChI=1S/C33H46N2O7/c1-3-4-5-6-7-8-9-10-11-12-13-14-18-21-30(36)28-22-23-31(29(24-28)35(39)40)42-32(37)26(2)34-33(38)41-25-27-19-16-15-17-20-27/h15-17,19-20,22-24,26H,3-14,18,21,25H2,1-2H3,(H,34,38)/t26-/m0/s1. The molecular formula is C33H46N2O7. The summed E-state index contributed by atoms with van der Waals surface area (Å²) in [5.74, 6) is -1.38. The van der Waals surface area contributed by atoms with E-state index in [2.05, 4.69) is 12.2 Å². The molecule has 2 aromatic carbocycles. The Labute approximate surface area is 249 Å². The first-order valence-corrected chi connectivity index (χ1v) is 15.3. The lowest BCUT2D eigenvalue weighted by Crippen LogP contribution is -2.41. The van der Waals surface area contributed by atoms with E-state index >= 15 is 0 Å². The number of hydrogen-bond donors (Lipinski definition) is 1. The van der Waals surface area contributed by atoms with Gasteiger partial charge in [0.1, 0.15) is 12.6 Å². The van der Waals surface area contributed by atoms with Crippen molar-refractivity contribution in [1.82, 2.24) is 5.32 Å². The van der Waals surface area contributed by atoms with Gasteiger partial charge >= 0.3 is 17.7 Å². The molecule has 0 bridgehead atoms. The van der Waals surface area contributed by atoms with Gasteiger partial charge in [-0.25, -0.2) is 9.59 Å². The number of nitro benzene ring substituents is 1. The number of nitrogens with zero attached hydrogens (tertiary/aromatic N) is 1. The van der Waals surface area contributed by atoms with Gasteiger partial charge in [-0.15, -0.1) is 0 Å². The van der Waals surface area contributed by atoms with Gasteiger partial charge < -0.3 is 14.8 Å². The summed E-state index contributed by atoms with van der Waals surface area (Å²) >= 11 is 0. The van der Waals surface area contributed by atoms with Crippen molar-refractivity contribution < 1.29 is 28.8 Å². The van der Waals surface area contributed by atoms with Crippen LogP contribution < -0.4 is 10.1 Å². The highest BCUT2D eigenvalue weighted by atomic mass is 16.6. The normalized spacial score (nSPS) is 11.5. The van der Waals surface area contributed by atoms with E-state index in [0.29, 0.717) is 6.42 Å². The molecule has 0 aliphatic carbocycles. The van der Waals surface area contributed by atoms with Gasteiger partial charge in [-0.1, -0.05) is 114 Å². The van der Waals surface area contributed by atoms with E-state index in [-0.39, 0.29) is 23.7 Å². The van der Waals surface area contributed by atoms with Crippen molar-refractivity contribution in [1.29, 1.82) is 0 Å². The third-order valence-corrected chi connectivity index (χ3v) is 7.10. The number of ether oxygens (including phenoxy) is 2. The van der Waals surface area contributed by atoms with Crippen molar-refractivity contribution in [2.24, 2.45) is 0 Å². The molecule has 0 saturated heterocycles. The lowest BCUT2D eigenvalue weighted by Gasteiger charge is -2.14. The number of unbranched alkanes of at least 4 members (excludes halogenated alkanes) is 12.